The molecule has 0 aliphatic heterocycles. The fourth-order valence-corrected chi connectivity index (χ4v) is 5.06. The first kappa shape index (κ1) is 31.9. The maximum absolute atomic E-state index is 13.6. The maximum atomic E-state index is 13.6. The molecule has 220 valence electrons. The third kappa shape index (κ3) is 9.48. The van der Waals surface area contributed by atoms with Crippen molar-refractivity contribution in [2.24, 2.45) is 0 Å². The van der Waals surface area contributed by atoms with E-state index in [2.05, 4.69) is 5.32 Å². The Bertz CT molecular complexity index is 1420. The summed E-state index contributed by atoms with van der Waals surface area (Å²) in [5, 5.41) is 3.43. The molecule has 0 radical (unpaired) electrons. The molecule has 1 N–H and O–H groups in total. The molecule has 2 amide bonds. The van der Waals surface area contributed by atoms with Crippen molar-refractivity contribution in [3.8, 4) is 11.5 Å². The highest BCUT2D eigenvalue weighted by atomic mass is 35.5. The van der Waals surface area contributed by atoms with Gasteiger partial charge in [0.2, 0.25) is 21.8 Å². The number of sulfonamides is 1. The number of hydrogen-bond acceptors (Lipinski definition) is 6. The Hall–Kier alpha value is -3.60. The summed E-state index contributed by atoms with van der Waals surface area (Å²) in [7, 11) is -0.603. The average molecular weight is 602 g/mol. The second kappa shape index (κ2) is 14.9. The molecule has 0 aliphatic rings. The lowest BCUT2D eigenvalue weighted by Crippen LogP contribution is -2.51. The van der Waals surface area contributed by atoms with E-state index in [1.54, 1.807) is 75.7 Å². The molecule has 0 saturated heterocycles. The van der Waals surface area contributed by atoms with E-state index >= 15 is 0 Å². The predicted octanol–water partition coefficient (Wildman–Crippen LogP) is 3.90. The van der Waals surface area contributed by atoms with E-state index in [1.165, 1.54) is 4.90 Å². The SMILES string of the molecule is COc1ccc(CCNC(=O)[C@@H](C)N(Cc2ccc(Cl)cc2)C(=O)CN(Cc2ccccc2)S(C)(=O)=O)cc1OC. The largest absolute Gasteiger partial charge is 0.493 e. The second-order valence-corrected chi connectivity index (χ2v) is 12.0. The number of benzene rings is 3. The van der Waals surface area contributed by atoms with Crippen LogP contribution in [0.4, 0.5) is 0 Å². The lowest BCUT2D eigenvalue weighted by molar-refractivity contribution is -0.140. The van der Waals surface area contributed by atoms with Gasteiger partial charge >= 0.3 is 0 Å². The van der Waals surface area contributed by atoms with E-state index in [-0.39, 0.29) is 19.0 Å². The standard InChI is InChI=1S/C30H36ClN3O6S/c1-22(30(36)32-17-16-23-12-15-27(39-2)28(18-23)40-3)34(20-25-10-13-26(31)14-11-25)29(35)21-33(41(4,37)38)19-24-8-6-5-7-9-24/h5-15,18,22H,16-17,19-21H2,1-4H3,(H,32,36)/t22-/m1/s1. The van der Waals surface area contributed by atoms with Gasteiger partial charge in [-0.15, -0.1) is 0 Å². The molecule has 3 aromatic carbocycles. The summed E-state index contributed by atoms with van der Waals surface area (Å²) >= 11 is 6.03. The molecule has 0 saturated carbocycles. The molecule has 1 atom stereocenters. The summed E-state index contributed by atoms with van der Waals surface area (Å²) in [5.41, 5.74) is 2.44. The van der Waals surface area contributed by atoms with Crippen LogP contribution >= 0.6 is 11.6 Å². The van der Waals surface area contributed by atoms with Crippen molar-refractivity contribution >= 4 is 33.4 Å². The smallest absolute Gasteiger partial charge is 0.242 e. The number of ether oxygens (including phenoxy) is 2. The topological polar surface area (TPSA) is 105 Å². The van der Waals surface area contributed by atoms with Gasteiger partial charge in [-0.2, -0.15) is 4.31 Å². The number of nitrogens with one attached hydrogen (secondary N) is 1. The van der Waals surface area contributed by atoms with Gasteiger partial charge in [0.25, 0.3) is 0 Å². The Balaban J connectivity index is 1.75. The average Bonchev–Trinajstić information content (AvgIpc) is 2.96. The number of amides is 2. The number of methoxy groups -OCH3 is 2. The van der Waals surface area contributed by atoms with E-state index in [0.717, 1.165) is 27.3 Å². The van der Waals surface area contributed by atoms with Crippen LogP contribution in [0, 0.1) is 0 Å². The highest BCUT2D eigenvalue weighted by molar-refractivity contribution is 7.88. The van der Waals surface area contributed by atoms with Crippen molar-refractivity contribution in [2.45, 2.75) is 32.5 Å². The van der Waals surface area contributed by atoms with Crippen LogP contribution in [0.5, 0.6) is 11.5 Å². The van der Waals surface area contributed by atoms with Gasteiger partial charge in [0.15, 0.2) is 11.5 Å². The van der Waals surface area contributed by atoms with Gasteiger partial charge in [0, 0.05) is 24.7 Å². The molecule has 3 aromatic rings. The summed E-state index contributed by atoms with van der Waals surface area (Å²) in [6.45, 7) is 1.67. The van der Waals surface area contributed by atoms with Gasteiger partial charge in [-0.25, -0.2) is 8.42 Å². The molecule has 0 bridgehead atoms. The second-order valence-electron chi connectivity index (χ2n) is 9.57. The first-order valence-corrected chi connectivity index (χ1v) is 15.3. The molecule has 0 spiro atoms. The lowest BCUT2D eigenvalue weighted by atomic mass is 10.1. The fraction of sp³-hybridized carbons (Fsp3) is 0.333. The molecular weight excluding hydrogens is 566 g/mol. The van der Waals surface area contributed by atoms with Crippen LogP contribution in [-0.4, -0.2) is 69.0 Å². The van der Waals surface area contributed by atoms with Crippen molar-refractivity contribution < 1.29 is 27.5 Å². The quantitative estimate of drug-likeness (QED) is 0.301. The van der Waals surface area contributed by atoms with Crippen molar-refractivity contribution in [2.75, 3.05) is 33.6 Å². The van der Waals surface area contributed by atoms with Crippen LogP contribution in [0.25, 0.3) is 0 Å². The van der Waals surface area contributed by atoms with Gasteiger partial charge in [-0.1, -0.05) is 60.1 Å². The molecule has 41 heavy (non-hydrogen) atoms. The summed E-state index contributed by atoms with van der Waals surface area (Å²) in [6, 6.07) is 20.6. The summed E-state index contributed by atoms with van der Waals surface area (Å²) in [4.78, 5) is 28.2. The third-order valence-corrected chi connectivity index (χ3v) is 8.02. The van der Waals surface area contributed by atoms with Crippen LogP contribution in [0.1, 0.15) is 23.6 Å². The van der Waals surface area contributed by atoms with Gasteiger partial charge in [0.1, 0.15) is 6.04 Å². The van der Waals surface area contributed by atoms with Crippen LogP contribution in [0.2, 0.25) is 5.02 Å². The van der Waals surface area contributed by atoms with Crippen molar-refractivity contribution in [1.82, 2.24) is 14.5 Å². The first-order valence-electron chi connectivity index (χ1n) is 13.0. The summed E-state index contributed by atoms with van der Waals surface area (Å²) < 4.78 is 36.9. The predicted molar refractivity (Wildman–Crippen MR) is 159 cm³/mol. The monoisotopic (exact) mass is 601 g/mol. The molecule has 0 heterocycles. The Morgan fingerprint density at radius 2 is 1.49 bits per heavy atom. The minimum Gasteiger partial charge on any atom is -0.493 e. The van der Waals surface area contributed by atoms with Gasteiger partial charge in [-0.3, -0.25) is 9.59 Å². The number of hydrogen-bond donors (Lipinski definition) is 1. The van der Waals surface area contributed by atoms with Crippen LogP contribution in [0.15, 0.2) is 72.8 Å². The van der Waals surface area contributed by atoms with E-state index in [1.807, 2.05) is 18.2 Å². The lowest BCUT2D eigenvalue weighted by Gasteiger charge is -2.31. The highest BCUT2D eigenvalue weighted by Crippen LogP contribution is 2.27. The molecule has 0 fully saturated rings. The third-order valence-electron chi connectivity index (χ3n) is 6.58. The molecule has 3 rings (SSSR count). The highest BCUT2D eigenvalue weighted by Gasteiger charge is 2.30. The van der Waals surface area contributed by atoms with E-state index in [0.29, 0.717) is 29.5 Å². The van der Waals surface area contributed by atoms with E-state index in [4.69, 9.17) is 21.1 Å². The Morgan fingerprint density at radius 1 is 0.878 bits per heavy atom. The zero-order chi connectivity index (χ0) is 30.0. The number of carbonyl (C=O) groups excluding carboxylic acids is 2. The molecule has 9 nitrogen and oxygen atoms in total. The molecular formula is C30H36ClN3O6S. The summed E-state index contributed by atoms with van der Waals surface area (Å²) in [5.74, 6) is 0.349. The number of nitrogens with zero attached hydrogens (tertiary/aromatic N) is 2. The van der Waals surface area contributed by atoms with Crippen molar-refractivity contribution in [3.63, 3.8) is 0 Å². The van der Waals surface area contributed by atoms with Crippen molar-refractivity contribution in [3.05, 3.63) is 94.5 Å². The number of rotatable bonds is 14. The number of halogens is 1. The normalized spacial score (nSPS) is 12.0. The fourth-order valence-electron chi connectivity index (χ4n) is 4.20. The number of carbonyl (C=O) groups is 2. The Kier molecular flexibility index (Phi) is 11.6. The Morgan fingerprint density at radius 3 is 2.10 bits per heavy atom. The van der Waals surface area contributed by atoms with Gasteiger partial charge in [0.05, 0.1) is 27.0 Å². The van der Waals surface area contributed by atoms with E-state index < -0.39 is 28.5 Å². The maximum Gasteiger partial charge on any atom is 0.242 e. The van der Waals surface area contributed by atoms with Crippen LogP contribution in [0.3, 0.4) is 0 Å². The van der Waals surface area contributed by atoms with E-state index in [9.17, 15) is 18.0 Å². The van der Waals surface area contributed by atoms with Crippen molar-refractivity contribution in [1.29, 1.82) is 0 Å². The summed E-state index contributed by atoms with van der Waals surface area (Å²) in [6.07, 6.45) is 1.60. The zero-order valence-electron chi connectivity index (χ0n) is 23.7. The van der Waals surface area contributed by atoms with Crippen LogP contribution in [-0.2, 0) is 39.1 Å². The molecule has 0 aromatic heterocycles. The minimum atomic E-state index is -3.72. The van der Waals surface area contributed by atoms with Gasteiger partial charge < -0.3 is 19.7 Å². The molecule has 11 heteroatoms. The molecule has 0 aliphatic carbocycles. The minimum absolute atomic E-state index is 0.0338. The molecule has 0 unspecified atom stereocenters. The zero-order valence-corrected chi connectivity index (χ0v) is 25.2. The van der Waals surface area contributed by atoms with Crippen LogP contribution < -0.4 is 14.8 Å². The Labute approximate surface area is 247 Å². The first-order chi connectivity index (χ1) is 19.5. The van der Waals surface area contributed by atoms with Gasteiger partial charge in [-0.05, 0) is 54.3 Å².